The van der Waals surface area contributed by atoms with E-state index in [0.29, 0.717) is 24.6 Å². The lowest BCUT2D eigenvalue weighted by Gasteiger charge is -2.27. The van der Waals surface area contributed by atoms with Gasteiger partial charge < -0.3 is 15.5 Å². The smallest absolute Gasteiger partial charge is 0.251 e. The van der Waals surface area contributed by atoms with Crippen molar-refractivity contribution in [2.24, 2.45) is 0 Å². The van der Waals surface area contributed by atoms with Crippen LogP contribution in [-0.4, -0.2) is 24.4 Å². The fourth-order valence-electron chi connectivity index (χ4n) is 3.14. The highest BCUT2D eigenvalue weighted by molar-refractivity contribution is 5.94. The second-order valence-electron chi connectivity index (χ2n) is 7.11. The van der Waals surface area contributed by atoms with Gasteiger partial charge in [-0.25, -0.2) is 0 Å². The number of anilines is 2. The van der Waals surface area contributed by atoms with Crippen LogP contribution < -0.4 is 15.5 Å². The van der Waals surface area contributed by atoms with Crippen molar-refractivity contribution in [1.29, 1.82) is 0 Å². The standard InChI is InChI=1S/C23H31N3O2/c1-5-8-22(27)25-20-10-7-9-18(15-20)16-24-23(28)19-11-13-21(14-12-19)26(6-2)17(3)4/h7,9-15,17H,5-6,8,16H2,1-4H3,(H,24,28)(H,25,27). The summed E-state index contributed by atoms with van der Waals surface area (Å²) in [4.78, 5) is 26.5. The van der Waals surface area contributed by atoms with Crippen molar-refractivity contribution in [3.05, 3.63) is 59.7 Å². The highest BCUT2D eigenvalue weighted by atomic mass is 16.2. The van der Waals surface area contributed by atoms with Gasteiger partial charge in [0.05, 0.1) is 0 Å². The monoisotopic (exact) mass is 381 g/mol. The summed E-state index contributed by atoms with van der Waals surface area (Å²) in [5.74, 6) is -0.106. The first kappa shape index (κ1) is 21.5. The SMILES string of the molecule is CCCC(=O)Nc1cccc(CNC(=O)c2ccc(N(CC)C(C)C)cc2)c1. The number of carbonyl (C=O) groups excluding carboxylic acids is 2. The highest BCUT2D eigenvalue weighted by Gasteiger charge is 2.10. The molecule has 0 aliphatic heterocycles. The first-order valence-corrected chi connectivity index (χ1v) is 9.98. The first-order chi connectivity index (χ1) is 13.4. The van der Waals surface area contributed by atoms with Crippen LogP contribution in [0.4, 0.5) is 11.4 Å². The van der Waals surface area contributed by atoms with E-state index in [1.165, 1.54) is 0 Å². The fraction of sp³-hybridized carbons (Fsp3) is 0.391. The Morgan fingerprint density at radius 1 is 1.04 bits per heavy atom. The van der Waals surface area contributed by atoms with E-state index in [2.05, 4.69) is 36.3 Å². The lowest BCUT2D eigenvalue weighted by molar-refractivity contribution is -0.116. The molecule has 0 spiro atoms. The molecule has 2 amide bonds. The molecule has 2 rings (SSSR count). The molecule has 150 valence electrons. The molecule has 0 fully saturated rings. The van der Waals surface area contributed by atoms with Crippen molar-refractivity contribution < 1.29 is 9.59 Å². The van der Waals surface area contributed by atoms with E-state index in [1.807, 2.05) is 55.5 Å². The van der Waals surface area contributed by atoms with Gasteiger partial charge in [0.2, 0.25) is 5.91 Å². The predicted molar refractivity (Wildman–Crippen MR) is 116 cm³/mol. The van der Waals surface area contributed by atoms with Crippen LogP contribution in [0.25, 0.3) is 0 Å². The van der Waals surface area contributed by atoms with Crippen molar-refractivity contribution in [3.63, 3.8) is 0 Å². The van der Waals surface area contributed by atoms with Crippen LogP contribution in [0.2, 0.25) is 0 Å². The molecule has 0 saturated carbocycles. The van der Waals surface area contributed by atoms with E-state index >= 15 is 0 Å². The van der Waals surface area contributed by atoms with Crippen molar-refractivity contribution in [2.75, 3.05) is 16.8 Å². The minimum atomic E-state index is -0.112. The molecule has 2 N–H and O–H groups in total. The van der Waals surface area contributed by atoms with Crippen molar-refractivity contribution in [3.8, 4) is 0 Å². The summed E-state index contributed by atoms with van der Waals surface area (Å²) >= 11 is 0. The number of carbonyl (C=O) groups is 2. The second kappa shape index (κ2) is 10.5. The molecular weight excluding hydrogens is 350 g/mol. The maximum Gasteiger partial charge on any atom is 0.251 e. The van der Waals surface area contributed by atoms with Gasteiger partial charge in [0.1, 0.15) is 0 Å². The average Bonchev–Trinajstić information content (AvgIpc) is 2.67. The lowest BCUT2D eigenvalue weighted by atomic mass is 10.1. The summed E-state index contributed by atoms with van der Waals surface area (Å²) < 4.78 is 0. The number of benzene rings is 2. The molecule has 0 unspecified atom stereocenters. The zero-order valence-corrected chi connectivity index (χ0v) is 17.3. The maximum absolute atomic E-state index is 12.5. The number of nitrogens with one attached hydrogen (secondary N) is 2. The van der Waals surface area contributed by atoms with Crippen LogP contribution in [0.15, 0.2) is 48.5 Å². The van der Waals surface area contributed by atoms with Gasteiger partial charge in [-0.3, -0.25) is 9.59 Å². The summed E-state index contributed by atoms with van der Waals surface area (Å²) in [6.07, 6.45) is 1.32. The molecule has 0 radical (unpaired) electrons. The Morgan fingerprint density at radius 3 is 2.36 bits per heavy atom. The maximum atomic E-state index is 12.5. The summed E-state index contributed by atoms with van der Waals surface area (Å²) in [6.45, 7) is 9.74. The minimum Gasteiger partial charge on any atom is -0.369 e. The number of rotatable bonds is 9. The third-order valence-corrected chi connectivity index (χ3v) is 4.57. The molecule has 0 saturated heterocycles. The van der Waals surface area contributed by atoms with Crippen molar-refractivity contribution >= 4 is 23.2 Å². The number of hydrogen-bond acceptors (Lipinski definition) is 3. The first-order valence-electron chi connectivity index (χ1n) is 9.98. The molecule has 5 nitrogen and oxygen atoms in total. The largest absolute Gasteiger partial charge is 0.369 e. The van der Waals surface area contributed by atoms with Gasteiger partial charge in [0.15, 0.2) is 0 Å². The lowest BCUT2D eigenvalue weighted by Crippen LogP contribution is -2.30. The Morgan fingerprint density at radius 2 is 1.75 bits per heavy atom. The molecule has 2 aromatic carbocycles. The van der Waals surface area contributed by atoms with Crippen LogP contribution in [-0.2, 0) is 11.3 Å². The van der Waals surface area contributed by atoms with E-state index in [-0.39, 0.29) is 11.8 Å². The third-order valence-electron chi connectivity index (χ3n) is 4.57. The molecule has 0 aliphatic rings. The summed E-state index contributed by atoms with van der Waals surface area (Å²) in [7, 11) is 0. The molecule has 0 heterocycles. The minimum absolute atomic E-state index is 0.00583. The van der Waals surface area contributed by atoms with E-state index in [1.54, 1.807) is 0 Å². The Bertz CT molecular complexity index is 785. The molecule has 0 bridgehead atoms. The zero-order chi connectivity index (χ0) is 20.5. The van der Waals surface area contributed by atoms with Crippen LogP contribution >= 0.6 is 0 Å². The summed E-state index contributed by atoms with van der Waals surface area (Å²) in [5, 5.41) is 5.82. The van der Waals surface area contributed by atoms with Gasteiger partial charge in [-0.1, -0.05) is 19.1 Å². The van der Waals surface area contributed by atoms with E-state index < -0.39 is 0 Å². The van der Waals surface area contributed by atoms with Gasteiger partial charge in [-0.15, -0.1) is 0 Å². The molecule has 28 heavy (non-hydrogen) atoms. The van der Waals surface area contributed by atoms with E-state index in [0.717, 1.165) is 29.9 Å². The highest BCUT2D eigenvalue weighted by Crippen LogP contribution is 2.18. The van der Waals surface area contributed by atoms with Crippen molar-refractivity contribution in [1.82, 2.24) is 5.32 Å². The topological polar surface area (TPSA) is 61.4 Å². The number of amides is 2. The summed E-state index contributed by atoms with van der Waals surface area (Å²) in [5.41, 5.74) is 3.44. The van der Waals surface area contributed by atoms with E-state index in [4.69, 9.17) is 0 Å². The van der Waals surface area contributed by atoms with Gasteiger partial charge in [-0.05, 0) is 69.2 Å². The second-order valence-corrected chi connectivity index (χ2v) is 7.11. The Labute approximate surface area is 168 Å². The molecule has 0 atom stereocenters. The zero-order valence-electron chi connectivity index (χ0n) is 17.3. The average molecular weight is 382 g/mol. The van der Waals surface area contributed by atoms with Gasteiger partial charge in [-0.2, -0.15) is 0 Å². The van der Waals surface area contributed by atoms with Crippen LogP contribution in [0.1, 0.15) is 56.5 Å². The van der Waals surface area contributed by atoms with Crippen LogP contribution in [0.5, 0.6) is 0 Å². The molecule has 0 aliphatic carbocycles. The Balaban J connectivity index is 1.96. The van der Waals surface area contributed by atoms with Gasteiger partial charge >= 0.3 is 0 Å². The molecule has 5 heteroatoms. The van der Waals surface area contributed by atoms with Gasteiger partial charge in [0.25, 0.3) is 5.91 Å². The van der Waals surface area contributed by atoms with Crippen LogP contribution in [0.3, 0.4) is 0 Å². The number of nitrogens with zero attached hydrogens (tertiary/aromatic N) is 1. The fourth-order valence-corrected chi connectivity index (χ4v) is 3.14. The van der Waals surface area contributed by atoms with Crippen LogP contribution in [0, 0.1) is 0 Å². The quantitative estimate of drug-likeness (QED) is 0.668. The predicted octanol–water partition coefficient (Wildman–Crippen LogP) is 4.59. The Kier molecular flexibility index (Phi) is 8.05. The van der Waals surface area contributed by atoms with E-state index in [9.17, 15) is 9.59 Å². The molecule has 0 aromatic heterocycles. The third kappa shape index (κ3) is 6.12. The van der Waals surface area contributed by atoms with Crippen molar-refractivity contribution in [2.45, 2.75) is 53.1 Å². The molecule has 2 aromatic rings. The summed E-state index contributed by atoms with van der Waals surface area (Å²) in [6, 6.07) is 15.7. The number of hydrogen-bond donors (Lipinski definition) is 2. The Hall–Kier alpha value is -2.82. The normalized spacial score (nSPS) is 10.6. The van der Waals surface area contributed by atoms with Gasteiger partial charge in [0, 0.05) is 42.5 Å². The molecular formula is C23H31N3O2.